The molecule has 0 saturated carbocycles. The van der Waals surface area contributed by atoms with Crippen molar-refractivity contribution in [3.05, 3.63) is 22.6 Å². The summed E-state index contributed by atoms with van der Waals surface area (Å²) in [6.45, 7) is 4.28. The van der Waals surface area contributed by atoms with Crippen molar-refractivity contribution >= 4 is 33.5 Å². The summed E-state index contributed by atoms with van der Waals surface area (Å²) in [5.74, 6) is 2.59. The second-order valence-corrected chi connectivity index (χ2v) is 5.31. The van der Waals surface area contributed by atoms with Crippen LogP contribution in [0.25, 0.3) is 0 Å². The average Bonchev–Trinajstić information content (AvgIpc) is 2.50. The van der Waals surface area contributed by atoms with Gasteiger partial charge in [-0.25, -0.2) is 0 Å². The number of halogens is 1. The van der Waals surface area contributed by atoms with E-state index in [2.05, 4.69) is 29.8 Å². The van der Waals surface area contributed by atoms with E-state index in [-0.39, 0.29) is 5.78 Å². The van der Waals surface area contributed by atoms with Gasteiger partial charge in [0.1, 0.15) is 0 Å². The Bertz CT molecular complexity index is 307. The van der Waals surface area contributed by atoms with Crippen LogP contribution in [0.3, 0.4) is 0 Å². The van der Waals surface area contributed by atoms with Crippen LogP contribution >= 0.6 is 27.7 Å². The van der Waals surface area contributed by atoms with Crippen molar-refractivity contribution in [3.63, 3.8) is 0 Å². The van der Waals surface area contributed by atoms with Crippen molar-refractivity contribution in [1.29, 1.82) is 0 Å². The van der Waals surface area contributed by atoms with E-state index in [1.165, 1.54) is 6.26 Å². The highest BCUT2D eigenvalue weighted by atomic mass is 79.9. The van der Waals surface area contributed by atoms with E-state index in [0.29, 0.717) is 17.4 Å². The van der Waals surface area contributed by atoms with Crippen molar-refractivity contribution in [3.8, 4) is 0 Å². The van der Waals surface area contributed by atoms with Crippen LogP contribution in [0.2, 0.25) is 0 Å². The molecular weight excluding hydrogens is 264 g/mol. The molecule has 4 heteroatoms. The molecule has 1 rings (SSSR count). The first-order valence-electron chi connectivity index (χ1n) is 4.45. The third-order valence-corrected chi connectivity index (χ3v) is 3.55. The molecule has 1 aromatic rings. The summed E-state index contributed by atoms with van der Waals surface area (Å²) in [4.78, 5) is 11.6. The molecule has 0 spiro atoms. The lowest BCUT2D eigenvalue weighted by Crippen LogP contribution is -2.03. The molecule has 14 heavy (non-hydrogen) atoms. The first-order valence-corrected chi connectivity index (χ1v) is 6.40. The molecule has 0 fully saturated rings. The van der Waals surface area contributed by atoms with Crippen LogP contribution in [-0.2, 0) is 0 Å². The number of hydrogen-bond donors (Lipinski definition) is 0. The topological polar surface area (TPSA) is 30.2 Å². The molecule has 2 nitrogen and oxygen atoms in total. The summed E-state index contributed by atoms with van der Waals surface area (Å²) in [7, 11) is 0. The maximum Gasteiger partial charge on any atom is 0.208 e. The van der Waals surface area contributed by atoms with Crippen LogP contribution in [0.4, 0.5) is 0 Å². The normalized spacial score (nSPS) is 10.9. The van der Waals surface area contributed by atoms with Crippen LogP contribution in [0.1, 0.15) is 24.4 Å². The van der Waals surface area contributed by atoms with Crippen LogP contribution < -0.4 is 0 Å². The molecular formula is C10H13BrO2S. The first kappa shape index (κ1) is 11.9. The molecule has 0 atom stereocenters. The number of carbonyl (C=O) groups is 1. The molecule has 0 aromatic carbocycles. The molecule has 0 aliphatic carbocycles. The number of ketones is 1. The van der Waals surface area contributed by atoms with Gasteiger partial charge in [-0.3, -0.25) is 4.79 Å². The van der Waals surface area contributed by atoms with Gasteiger partial charge in [0, 0.05) is 0 Å². The van der Waals surface area contributed by atoms with E-state index in [0.717, 1.165) is 10.2 Å². The highest BCUT2D eigenvalue weighted by molar-refractivity contribution is 9.10. The van der Waals surface area contributed by atoms with Gasteiger partial charge in [-0.05, 0) is 33.7 Å². The van der Waals surface area contributed by atoms with Gasteiger partial charge in [0.05, 0.1) is 16.5 Å². The lowest BCUT2D eigenvalue weighted by atomic mass is 10.3. The Labute approximate surface area is 96.6 Å². The molecule has 1 aromatic heterocycles. The maximum absolute atomic E-state index is 11.6. The average molecular weight is 277 g/mol. The number of hydrogen-bond acceptors (Lipinski definition) is 3. The van der Waals surface area contributed by atoms with Crippen LogP contribution in [0.5, 0.6) is 0 Å². The van der Waals surface area contributed by atoms with E-state index in [9.17, 15) is 4.79 Å². The second-order valence-electron chi connectivity index (χ2n) is 3.43. The lowest BCUT2D eigenvalue weighted by Gasteiger charge is -2.02. The third kappa shape index (κ3) is 3.50. The fourth-order valence-corrected chi connectivity index (χ4v) is 2.27. The lowest BCUT2D eigenvalue weighted by molar-refractivity contribution is 0.0991. The Morgan fingerprint density at radius 3 is 2.86 bits per heavy atom. The largest absolute Gasteiger partial charge is 0.460 e. The first-order chi connectivity index (χ1) is 6.61. The Hall–Kier alpha value is -0.220. The smallest absolute Gasteiger partial charge is 0.208 e. The number of carbonyl (C=O) groups excluding carboxylic acids is 1. The van der Waals surface area contributed by atoms with Crippen LogP contribution in [0.15, 0.2) is 21.2 Å². The SMILES string of the molecule is CC(C)CSCC(=O)c1occc1Br. The monoisotopic (exact) mass is 276 g/mol. The van der Waals surface area contributed by atoms with E-state index < -0.39 is 0 Å². The summed E-state index contributed by atoms with van der Waals surface area (Å²) in [5, 5.41) is 0. The van der Waals surface area contributed by atoms with Crippen molar-refractivity contribution in [2.75, 3.05) is 11.5 Å². The van der Waals surface area contributed by atoms with Crippen molar-refractivity contribution in [1.82, 2.24) is 0 Å². The van der Waals surface area contributed by atoms with Gasteiger partial charge in [-0.15, -0.1) is 0 Å². The summed E-state index contributed by atoms with van der Waals surface area (Å²) in [5.41, 5.74) is 0. The van der Waals surface area contributed by atoms with Crippen LogP contribution in [0, 0.1) is 5.92 Å². The Kier molecular flexibility index (Phi) is 4.75. The van der Waals surface area contributed by atoms with Gasteiger partial charge in [0.25, 0.3) is 0 Å². The van der Waals surface area contributed by atoms with Crippen molar-refractivity contribution in [2.24, 2.45) is 5.92 Å². The zero-order chi connectivity index (χ0) is 10.6. The standard InChI is InChI=1S/C10H13BrO2S/c1-7(2)5-14-6-9(12)10-8(11)3-4-13-10/h3-4,7H,5-6H2,1-2H3. The Balaban J connectivity index is 2.40. The predicted molar refractivity (Wildman–Crippen MR) is 62.9 cm³/mol. The molecule has 78 valence electrons. The van der Waals surface area contributed by atoms with Gasteiger partial charge in [-0.2, -0.15) is 11.8 Å². The molecule has 0 bridgehead atoms. The quantitative estimate of drug-likeness (QED) is 0.770. The minimum absolute atomic E-state index is 0.0486. The van der Waals surface area contributed by atoms with E-state index in [4.69, 9.17) is 4.42 Å². The molecule has 0 aliphatic rings. The zero-order valence-electron chi connectivity index (χ0n) is 8.25. The predicted octanol–water partition coefficient (Wildman–Crippen LogP) is 3.61. The minimum Gasteiger partial charge on any atom is -0.460 e. The zero-order valence-corrected chi connectivity index (χ0v) is 10.7. The van der Waals surface area contributed by atoms with Crippen LogP contribution in [-0.4, -0.2) is 17.3 Å². The number of furan rings is 1. The molecule has 0 aliphatic heterocycles. The van der Waals surface area contributed by atoms with Crippen molar-refractivity contribution < 1.29 is 9.21 Å². The number of Topliss-reactive ketones (excluding diaryl/α,β-unsaturated/α-hetero) is 1. The Morgan fingerprint density at radius 1 is 1.64 bits per heavy atom. The third-order valence-electron chi connectivity index (χ3n) is 1.55. The second kappa shape index (κ2) is 5.61. The number of rotatable bonds is 5. The highest BCUT2D eigenvalue weighted by Gasteiger charge is 2.13. The molecule has 0 unspecified atom stereocenters. The van der Waals surface area contributed by atoms with Gasteiger partial charge < -0.3 is 4.42 Å². The highest BCUT2D eigenvalue weighted by Crippen LogP contribution is 2.20. The fourth-order valence-electron chi connectivity index (χ4n) is 0.946. The maximum atomic E-state index is 11.6. The Morgan fingerprint density at radius 2 is 2.36 bits per heavy atom. The van der Waals surface area contributed by atoms with Crippen molar-refractivity contribution in [2.45, 2.75) is 13.8 Å². The molecule has 0 radical (unpaired) electrons. The van der Waals surface area contributed by atoms with E-state index in [1.807, 2.05) is 0 Å². The summed E-state index contributed by atoms with van der Waals surface area (Å²) < 4.78 is 5.82. The summed E-state index contributed by atoms with van der Waals surface area (Å²) >= 11 is 4.91. The summed E-state index contributed by atoms with van der Waals surface area (Å²) in [6.07, 6.45) is 1.52. The van der Waals surface area contributed by atoms with E-state index in [1.54, 1.807) is 17.8 Å². The minimum atomic E-state index is 0.0486. The van der Waals surface area contributed by atoms with Gasteiger partial charge in [0.15, 0.2) is 5.76 Å². The van der Waals surface area contributed by atoms with Gasteiger partial charge in [0.2, 0.25) is 5.78 Å². The van der Waals surface area contributed by atoms with E-state index >= 15 is 0 Å². The molecule has 0 N–H and O–H groups in total. The number of thioether (sulfide) groups is 1. The molecule has 1 heterocycles. The molecule has 0 amide bonds. The molecule has 0 saturated heterocycles. The van der Waals surface area contributed by atoms with Gasteiger partial charge >= 0.3 is 0 Å². The fraction of sp³-hybridized carbons (Fsp3) is 0.500. The van der Waals surface area contributed by atoms with Gasteiger partial charge in [-0.1, -0.05) is 13.8 Å². The summed E-state index contributed by atoms with van der Waals surface area (Å²) in [6, 6.07) is 1.74.